The molecule has 7 nitrogen and oxygen atoms in total. The van der Waals surface area contributed by atoms with Crippen LogP contribution in [0.25, 0.3) is 5.65 Å². The van der Waals surface area contributed by atoms with E-state index in [1.165, 1.54) is 4.57 Å². The van der Waals surface area contributed by atoms with Gasteiger partial charge in [0, 0.05) is 6.07 Å². The van der Waals surface area contributed by atoms with Crippen molar-refractivity contribution in [2.75, 3.05) is 0 Å². The summed E-state index contributed by atoms with van der Waals surface area (Å²) in [5, 5.41) is 15.1. The number of nitrogens with two attached hydrogens (primary N) is 1. The van der Waals surface area contributed by atoms with Crippen LogP contribution in [-0.2, 0) is 0 Å². The highest BCUT2D eigenvalue weighted by Crippen LogP contribution is 2.04. The number of hydrogen-bond acceptors (Lipinski definition) is 5. The van der Waals surface area contributed by atoms with Gasteiger partial charge in [-0.3, -0.25) is 0 Å². The third kappa shape index (κ3) is 1.37. The second-order valence-corrected chi connectivity index (χ2v) is 3.16. The van der Waals surface area contributed by atoms with Crippen molar-refractivity contribution in [3.63, 3.8) is 0 Å². The van der Waals surface area contributed by atoms with E-state index < -0.39 is 0 Å². The van der Waals surface area contributed by atoms with Gasteiger partial charge in [-0.2, -0.15) is 0 Å². The van der Waals surface area contributed by atoms with Crippen LogP contribution in [-0.4, -0.2) is 21.2 Å². The smallest absolute Gasteiger partial charge is 0.352 e. The summed E-state index contributed by atoms with van der Waals surface area (Å²) in [5.74, 6) is -0.126. The van der Waals surface area contributed by atoms with Gasteiger partial charge in [-0.25, -0.2) is 0 Å². The molecule has 15 heavy (non-hydrogen) atoms. The molecule has 0 fully saturated rings. The molecule has 2 aromatic heterocycles. The maximum atomic E-state index is 8.55. The molecular formula is C8H10N5O2+. The second-order valence-electron chi connectivity index (χ2n) is 3.16. The van der Waals surface area contributed by atoms with Crippen molar-refractivity contribution >= 4 is 11.5 Å². The van der Waals surface area contributed by atoms with Gasteiger partial charge in [-0.05, 0) is 18.4 Å². The standard InChI is InChI=1S/C8H9N5O2/c1-4-3-5(2)13-8(10-4)6(12-15-13)7(9)11-14/h3,9,12H,1-2H3/p+1. The minimum absolute atomic E-state index is 0.126. The van der Waals surface area contributed by atoms with Gasteiger partial charge in [0.1, 0.15) is 16.5 Å². The molecule has 2 rings (SSSR count). The van der Waals surface area contributed by atoms with E-state index in [4.69, 9.17) is 15.6 Å². The Morgan fingerprint density at radius 2 is 2.33 bits per heavy atom. The summed E-state index contributed by atoms with van der Waals surface area (Å²) in [6.45, 7) is 3.69. The zero-order valence-corrected chi connectivity index (χ0v) is 8.30. The summed E-state index contributed by atoms with van der Waals surface area (Å²) >= 11 is 0. The number of amidine groups is 1. The first kappa shape index (κ1) is 9.38. The molecule has 0 atom stereocenters. The molecule has 0 aliphatic rings. The zero-order valence-electron chi connectivity index (χ0n) is 8.30. The van der Waals surface area contributed by atoms with Crippen LogP contribution in [0.3, 0.4) is 0 Å². The highest BCUT2D eigenvalue weighted by molar-refractivity contribution is 5.99. The Kier molecular flexibility index (Phi) is 2.00. The third-order valence-electron chi connectivity index (χ3n) is 1.99. The Hall–Kier alpha value is -2.18. The number of aryl methyl sites for hydroxylation is 2. The molecule has 7 heteroatoms. The molecule has 0 unspecified atom stereocenters. The summed E-state index contributed by atoms with van der Waals surface area (Å²) < 4.78 is 6.41. The quantitative estimate of drug-likeness (QED) is 0.217. The molecule has 0 saturated heterocycles. The molecule has 0 aliphatic carbocycles. The molecule has 78 valence electrons. The average Bonchev–Trinajstić information content (AvgIpc) is 2.60. The van der Waals surface area contributed by atoms with Crippen molar-refractivity contribution in [2.45, 2.75) is 13.8 Å². The molecule has 0 bridgehead atoms. The van der Waals surface area contributed by atoms with Gasteiger partial charge >= 0.3 is 11.3 Å². The molecule has 2 heterocycles. The van der Waals surface area contributed by atoms with E-state index in [9.17, 15) is 0 Å². The highest BCUT2D eigenvalue weighted by atomic mass is 16.6. The maximum absolute atomic E-state index is 8.55. The lowest BCUT2D eigenvalue weighted by Gasteiger charge is -1.90. The lowest BCUT2D eigenvalue weighted by Crippen LogP contribution is -2.26. The molecule has 2 aromatic rings. The summed E-state index contributed by atoms with van der Waals surface area (Å²) in [6.07, 6.45) is 0. The van der Waals surface area contributed by atoms with Crippen LogP contribution in [0.1, 0.15) is 17.1 Å². The van der Waals surface area contributed by atoms with Crippen LogP contribution in [0.15, 0.2) is 15.9 Å². The number of aromatic nitrogens is 3. The van der Waals surface area contributed by atoms with E-state index in [1.807, 2.05) is 19.9 Å². The fourth-order valence-electron chi connectivity index (χ4n) is 1.36. The molecule has 0 spiro atoms. The topological polar surface area (TPSA) is 102 Å². The van der Waals surface area contributed by atoms with E-state index in [0.29, 0.717) is 5.65 Å². The van der Waals surface area contributed by atoms with Gasteiger partial charge in [0.25, 0.3) is 0 Å². The van der Waals surface area contributed by atoms with E-state index in [2.05, 4.69) is 15.3 Å². The van der Waals surface area contributed by atoms with Crippen molar-refractivity contribution in [2.24, 2.45) is 10.9 Å². The predicted molar refractivity (Wildman–Crippen MR) is 49.4 cm³/mol. The molecule has 3 N–H and O–H groups in total. The Labute approximate surface area is 84.8 Å². The molecule has 0 aliphatic heterocycles. The molecular weight excluding hydrogens is 198 g/mol. The summed E-state index contributed by atoms with van der Waals surface area (Å²) in [4.78, 5) is 4.20. The highest BCUT2D eigenvalue weighted by Gasteiger charge is 2.24. The van der Waals surface area contributed by atoms with Crippen LogP contribution in [0.4, 0.5) is 0 Å². The molecule has 0 aromatic carbocycles. The first-order valence-electron chi connectivity index (χ1n) is 4.27. The van der Waals surface area contributed by atoms with Crippen LogP contribution >= 0.6 is 0 Å². The second kappa shape index (κ2) is 3.19. The van der Waals surface area contributed by atoms with E-state index >= 15 is 0 Å². The fourth-order valence-corrected chi connectivity index (χ4v) is 1.36. The van der Waals surface area contributed by atoms with Crippen molar-refractivity contribution in [1.82, 2.24) is 10.1 Å². The summed E-state index contributed by atoms with van der Waals surface area (Å²) in [6, 6.07) is 1.84. The van der Waals surface area contributed by atoms with Crippen LogP contribution < -0.4 is 10.3 Å². The van der Waals surface area contributed by atoms with Gasteiger partial charge in [0.15, 0.2) is 0 Å². The molecule has 0 amide bonds. The van der Waals surface area contributed by atoms with E-state index in [0.717, 1.165) is 11.4 Å². The Morgan fingerprint density at radius 1 is 1.60 bits per heavy atom. The molecule has 0 radical (unpaired) electrons. The SMILES string of the molecule is Cc1cc(C)[n+]2onc(/C(N)=N/O)c2n1. The Balaban J connectivity index is 2.80. The minimum atomic E-state index is -0.126. The largest absolute Gasteiger partial charge is 0.409 e. The zero-order chi connectivity index (χ0) is 11.0. The first-order chi connectivity index (χ1) is 7.13. The average molecular weight is 208 g/mol. The van der Waals surface area contributed by atoms with Crippen molar-refractivity contribution in [3.8, 4) is 0 Å². The Morgan fingerprint density at radius 3 is 3.00 bits per heavy atom. The normalized spacial score (nSPS) is 12.3. The minimum Gasteiger partial charge on any atom is -0.409 e. The van der Waals surface area contributed by atoms with Gasteiger partial charge < -0.3 is 10.9 Å². The lowest BCUT2D eigenvalue weighted by atomic mass is 10.3. The third-order valence-corrected chi connectivity index (χ3v) is 1.99. The number of oxime groups is 1. The van der Waals surface area contributed by atoms with Crippen molar-refractivity contribution < 1.29 is 14.4 Å². The lowest BCUT2D eigenvalue weighted by molar-refractivity contribution is -0.735. The van der Waals surface area contributed by atoms with Gasteiger partial charge in [0.2, 0.25) is 5.84 Å². The van der Waals surface area contributed by atoms with Crippen LogP contribution in [0.2, 0.25) is 0 Å². The maximum Gasteiger partial charge on any atom is 0.352 e. The predicted octanol–water partition coefficient (Wildman–Crippen LogP) is -0.480. The number of nitrogens with zero attached hydrogens (tertiary/aromatic N) is 4. The fraction of sp³-hybridized carbons (Fsp3) is 0.250. The Bertz CT molecular complexity index is 545. The number of fused-ring (bicyclic) bond motifs is 1. The van der Waals surface area contributed by atoms with Crippen LogP contribution in [0.5, 0.6) is 0 Å². The van der Waals surface area contributed by atoms with Gasteiger partial charge in [0.05, 0.1) is 0 Å². The summed E-state index contributed by atoms with van der Waals surface area (Å²) in [7, 11) is 0. The summed E-state index contributed by atoms with van der Waals surface area (Å²) in [5.41, 5.74) is 7.73. The van der Waals surface area contributed by atoms with Crippen molar-refractivity contribution in [1.29, 1.82) is 0 Å². The number of hydrogen-bond donors (Lipinski definition) is 2. The van der Waals surface area contributed by atoms with Gasteiger partial charge in [-0.1, -0.05) is 5.16 Å². The van der Waals surface area contributed by atoms with E-state index in [-0.39, 0.29) is 11.5 Å². The van der Waals surface area contributed by atoms with Crippen LogP contribution in [0, 0.1) is 13.8 Å². The van der Waals surface area contributed by atoms with Crippen molar-refractivity contribution in [3.05, 3.63) is 23.1 Å². The molecule has 0 saturated carbocycles. The van der Waals surface area contributed by atoms with E-state index in [1.54, 1.807) is 0 Å². The number of rotatable bonds is 1. The van der Waals surface area contributed by atoms with Gasteiger partial charge in [-0.15, -0.1) is 9.61 Å². The first-order valence-corrected chi connectivity index (χ1v) is 4.27. The monoisotopic (exact) mass is 208 g/mol.